The van der Waals surface area contributed by atoms with Crippen molar-refractivity contribution < 1.29 is 5.11 Å². The number of aliphatic hydroxyl groups is 1. The van der Waals surface area contributed by atoms with Gasteiger partial charge in [0.2, 0.25) is 0 Å². The molecule has 0 radical (unpaired) electrons. The maximum Gasteiger partial charge on any atom is 0.0467 e. The van der Waals surface area contributed by atoms with Gasteiger partial charge < -0.3 is 5.11 Å². The molecule has 3 unspecified atom stereocenters. The van der Waals surface area contributed by atoms with E-state index < -0.39 is 0 Å². The molecule has 3 rings (SSSR count). The quantitative estimate of drug-likeness (QED) is 0.720. The van der Waals surface area contributed by atoms with Crippen LogP contribution in [0.5, 0.6) is 0 Å². The van der Waals surface area contributed by atoms with Crippen molar-refractivity contribution in [2.24, 2.45) is 34.5 Å². The summed E-state index contributed by atoms with van der Waals surface area (Å²) in [5.74, 6) is 3.25. The van der Waals surface area contributed by atoms with E-state index >= 15 is 0 Å². The first-order valence-electron chi connectivity index (χ1n) is 7.11. The zero-order valence-electron chi connectivity index (χ0n) is 11.0. The molecule has 3 fully saturated rings. The third-order valence-corrected chi connectivity index (χ3v) is 6.55. The van der Waals surface area contributed by atoms with Crippen LogP contribution < -0.4 is 0 Å². The average Bonchev–Trinajstić information content (AvgIpc) is 2.68. The molecule has 1 heteroatoms. The van der Waals surface area contributed by atoms with Crippen molar-refractivity contribution in [1.29, 1.82) is 0 Å². The Hall–Kier alpha value is -0.0400. The molecular weight excluding hydrogens is 196 g/mol. The highest BCUT2D eigenvalue weighted by Crippen LogP contribution is 2.70. The van der Waals surface area contributed by atoms with Crippen LogP contribution in [-0.2, 0) is 0 Å². The molecule has 0 aromatic heterocycles. The van der Waals surface area contributed by atoms with Crippen LogP contribution in [0.3, 0.4) is 0 Å². The zero-order valence-corrected chi connectivity index (χ0v) is 11.0. The van der Waals surface area contributed by atoms with Gasteiger partial charge in [-0.05, 0) is 60.2 Å². The summed E-state index contributed by atoms with van der Waals surface area (Å²) in [5.41, 5.74) is 0.990. The van der Waals surface area contributed by atoms with E-state index in [1.54, 1.807) is 0 Å². The Balaban J connectivity index is 2.04. The van der Waals surface area contributed by atoms with E-state index in [1.165, 1.54) is 32.1 Å². The highest BCUT2D eigenvalue weighted by atomic mass is 16.3. The predicted molar refractivity (Wildman–Crippen MR) is 66.0 cm³/mol. The standard InChI is InChI=1S/C15H26O/c1-14(2)7-4-8-15(3)11-6-5-10(13(11)14)12(15)9-16/h10-13,16H,4-9H2,1-3H3/t10?,11?,12?,13-,15-/m0/s1. The van der Waals surface area contributed by atoms with Crippen molar-refractivity contribution in [2.45, 2.75) is 52.9 Å². The molecule has 0 aromatic rings. The van der Waals surface area contributed by atoms with Crippen LogP contribution in [0.4, 0.5) is 0 Å². The van der Waals surface area contributed by atoms with Crippen LogP contribution in [0.25, 0.3) is 0 Å². The van der Waals surface area contributed by atoms with Crippen LogP contribution in [0.1, 0.15) is 52.9 Å². The van der Waals surface area contributed by atoms with E-state index in [0.717, 1.165) is 17.8 Å². The molecule has 0 saturated heterocycles. The van der Waals surface area contributed by atoms with Crippen LogP contribution in [0.2, 0.25) is 0 Å². The van der Waals surface area contributed by atoms with Gasteiger partial charge in [-0.3, -0.25) is 0 Å². The molecule has 1 nitrogen and oxygen atoms in total. The van der Waals surface area contributed by atoms with Gasteiger partial charge in [-0.2, -0.15) is 0 Å². The van der Waals surface area contributed by atoms with E-state index in [-0.39, 0.29) is 0 Å². The van der Waals surface area contributed by atoms with E-state index in [2.05, 4.69) is 20.8 Å². The molecule has 0 heterocycles. The molecule has 16 heavy (non-hydrogen) atoms. The zero-order chi connectivity index (χ0) is 11.6. The van der Waals surface area contributed by atoms with E-state index in [0.29, 0.717) is 23.4 Å². The van der Waals surface area contributed by atoms with Crippen molar-refractivity contribution in [1.82, 2.24) is 0 Å². The summed E-state index contributed by atoms with van der Waals surface area (Å²) in [6, 6.07) is 0. The van der Waals surface area contributed by atoms with E-state index in [1.807, 2.05) is 0 Å². The van der Waals surface area contributed by atoms with Gasteiger partial charge in [0.05, 0.1) is 0 Å². The van der Waals surface area contributed by atoms with Crippen LogP contribution in [0.15, 0.2) is 0 Å². The fourth-order valence-corrected chi connectivity index (χ4v) is 5.92. The second-order valence-corrected chi connectivity index (χ2v) is 7.51. The molecule has 0 spiro atoms. The number of aliphatic hydroxyl groups excluding tert-OH is 1. The van der Waals surface area contributed by atoms with Gasteiger partial charge >= 0.3 is 0 Å². The van der Waals surface area contributed by atoms with Gasteiger partial charge in [0, 0.05) is 6.61 Å². The average molecular weight is 222 g/mol. The first-order valence-corrected chi connectivity index (χ1v) is 7.11. The summed E-state index contributed by atoms with van der Waals surface area (Å²) < 4.78 is 0. The van der Waals surface area contributed by atoms with Gasteiger partial charge in [-0.25, -0.2) is 0 Å². The summed E-state index contributed by atoms with van der Waals surface area (Å²) in [6.45, 7) is 7.87. The maximum atomic E-state index is 9.76. The lowest BCUT2D eigenvalue weighted by atomic mass is 9.65. The Labute approximate surface area is 99.6 Å². The molecular formula is C15H26O. The summed E-state index contributed by atoms with van der Waals surface area (Å²) in [5, 5.41) is 9.76. The third kappa shape index (κ3) is 1.16. The Morgan fingerprint density at radius 2 is 1.88 bits per heavy atom. The maximum absolute atomic E-state index is 9.76. The Morgan fingerprint density at radius 3 is 2.56 bits per heavy atom. The smallest absolute Gasteiger partial charge is 0.0467 e. The monoisotopic (exact) mass is 222 g/mol. The van der Waals surface area contributed by atoms with Crippen molar-refractivity contribution in [3.8, 4) is 0 Å². The SMILES string of the molecule is CC1(C)CCC[C@]2(C)C(CO)C3CCC2[C@H]31. The van der Waals surface area contributed by atoms with Gasteiger partial charge in [-0.15, -0.1) is 0 Å². The van der Waals surface area contributed by atoms with Crippen molar-refractivity contribution >= 4 is 0 Å². The van der Waals surface area contributed by atoms with Gasteiger partial charge in [0.1, 0.15) is 0 Å². The van der Waals surface area contributed by atoms with Crippen LogP contribution >= 0.6 is 0 Å². The molecule has 0 aliphatic heterocycles. The Bertz CT molecular complexity index is 296. The van der Waals surface area contributed by atoms with Crippen LogP contribution in [-0.4, -0.2) is 11.7 Å². The second-order valence-electron chi connectivity index (χ2n) is 7.51. The van der Waals surface area contributed by atoms with Crippen LogP contribution in [0, 0.1) is 34.5 Å². The Kier molecular flexibility index (Phi) is 2.25. The van der Waals surface area contributed by atoms with Crippen molar-refractivity contribution in [3.05, 3.63) is 0 Å². The number of hydrogen-bond donors (Lipinski definition) is 1. The number of hydrogen-bond acceptors (Lipinski definition) is 1. The predicted octanol–water partition coefficient (Wildman–Crippen LogP) is 3.47. The minimum absolute atomic E-state index is 0.435. The Morgan fingerprint density at radius 1 is 1.12 bits per heavy atom. The number of rotatable bonds is 1. The normalized spacial score (nSPS) is 54.0. The lowest BCUT2D eigenvalue weighted by molar-refractivity contribution is 0.0374. The fourth-order valence-electron chi connectivity index (χ4n) is 5.92. The molecule has 3 aliphatic carbocycles. The second kappa shape index (κ2) is 3.25. The summed E-state index contributed by atoms with van der Waals surface area (Å²) in [7, 11) is 0. The fraction of sp³-hybridized carbons (Fsp3) is 1.00. The van der Waals surface area contributed by atoms with Gasteiger partial charge in [-0.1, -0.05) is 27.2 Å². The van der Waals surface area contributed by atoms with Crippen molar-refractivity contribution in [2.75, 3.05) is 6.61 Å². The summed E-state index contributed by atoms with van der Waals surface area (Å²) in [6.07, 6.45) is 6.96. The highest BCUT2D eigenvalue weighted by Gasteiger charge is 2.64. The summed E-state index contributed by atoms with van der Waals surface area (Å²) >= 11 is 0. The minimum Gasteiger partial charge on any atom is -0.396 e. The molecule has 0 aromatic carbocycles. The lowest BCUT2D eigenvalue weighted by Gasteiger charge is -2.40. The summed E-state index contributed by atoms with van der Waals surface area (Å²) in [4.78, 5) is 0. The molecule has 92 valence electrons. The highest BCUT2D eigenvalue weighted by molar-refractivity contribution is 5.12. The molecule has 0 amide bonds. The molecule has 3 saturated carbocycles. The van der Waals surface area contributed by atoms with Crippen molar-refractivity contribution in [3.63, 3.8) is 0 Å². The van der Waals surface area contributed by atoms with E-state index in [9.17, 15) is 5.11 Å². The topological polar surface area (TPSA) is 20.2 Å². The van der Waals surface area contributed by atoms with Gasteiger partial charge in [0.25, 0.3) is 0 Å². The minimum atomic E-state index is 0.435. The van der Waals surface area contributed by atoms with Gasteiger partial charge in [0.15, 0.2) is 0 Å². The third-order valence-electron chi connectivity index (χ3n) is 6.55. The molecule has 3 aliphatic rings. The first-order chi connectivity index (χ1) is 7.50. The molecule has 5 atom stereocenters. The molecule has 4 bridgehead atoms. The first kappa shape index (κ1) is 11.1. The largest absolute Gasteiger partial charge is 0.396 e. The lowest BCUT2D eigenvalue weighted by Crippen LogP contribution is -2.35. The molecule has 1 N–H and O–H groups in total. The van der Waals surface area contributed by atoms with E-state index in [4.69, 9.17) is 0 Å².